The first-order chi connectivity index (χ1) is 21.8. The molecule has 206 valence electrons. The molecule has 0 fully saturated rings. The second-order valence-corrected chi connectivity index (χ2v) is 11.0. The second-order valence-electron chi connectivity index (χ2n) is 11.0. The predicted molar refractivity (Wildman–Crippen MR) is 180 cm³/mol. The quantitative estimate of drug-likeness (QED) is 0.168. The molecule has 0 atom stereocenters. The fraction of sp³-hybridized carbons (Fsp3) is 0. The molecular formula is C40H25N4Na. The summed E-state index contributed by atoms with van der Waals surface area (Å²) < 4.78 is 4.75. The molecular weight excluding hydrogens is 559 g/mol. The van der Waals surface area contributed by atoms with Gasteiger partial charge < -0.3 is 19.1 Å². The molecule has 0 amide bonds. The first-order valence-corrected chi connectivity index (χ1v) is 14.8. The number of para-hydroxylation sites is 3. The van der Waals surface area contributed by atoms with Gasteiger partial charge in [-0.15, -0.1) is 6.07 Å². The van der Waals surface area contributed by atoms with Gasteiger partial charge in [0, 0.05) is 38.7 Å². The van der Waals surface area contributed by atoms with Crippen LogP contribution in [0.25, 0.3) is 77.6 Å². The van der Waals surface area contributed by atoms with Crippen molar-refractivity contribution in [1.82, 2.24) is 19.1 Å². The molecule has 3 aromatic heterocycles. The van der Waals surface area contributed by atoms with Crippen molar-refractivity contribution >= 4 is 43.6 Å². The number of hydrogen-bond donors (Lipinski definition) is 0. The van der Waals surface area contributed by atoms with Crippen LogP contribution in [0, 0.1) is 6.20 Å². The van der Waals surface area contributed by atoms with E-state index in [1.807, 2.05) is 24.3 Å². The Balaban J connectivity index is 0.00000300. The molecule has 45 heavy (non-hydrogen) atoms. The van der Waals surface area contributed by atoms with E-state index in [1.54, 1.807) is 0 Å². The summed E-state index contributed by atoms with van der Waals surface area (Å²) in [6.07, 6.45) is 3.04. The van der Waals surface area contributed by atoms with Crippen molar-refractivity contribution in [3.8, 4) is 34.0 Å². The van der Waals surface area contributed by atoms with Gasteiger partial charge in [-0.1, -0.05) is 109 Å². The van der Waals surface area contributed by atoms with Gasteiger partial charge in [0.2, 0.25) is 0 Å². The number of benzene rings is 6. The standard InChI is InChI=1S/C40H25N4.Na/c1-3-11-27(12-4-1)35-23-24-41-40(42-35)28-19-21-30(22-20-28)44-37-18-10-8-16-32(37)34-25-38-33(26-39(34)44)31-15-7-9-17-36(31)43(38)29-13-5-2-6-14-29;/h1-23,25-26H;/q-1;+1. The molecule has 9 aromatic rings. The zero-order valence-electron chi connectivity index (χ0n) is 24.7. The van der Waals surface area contributed by atoms with Crippen molar-refractivity contribution in [2.45, 2.75) is 0 Å². The minimum absolute atomic E-state index is 0. The summed E-state index contributed by atoms with van der Waals surface area (Å²) in [5.74, 6) is 0.663. The predicted octanol–water partition coefficient (Wildman–Crippen LogP) is 6.81. The smallest absolute Gasteiger partial charge is 0.369 e. The van der Waals surface area contributed by atoms with Gasteiger partial charge in [0.05, 0.1) is 22.1 Å². The van der Waals surface area contributed by atoms with Crippen LogP contribution in [0.3, 0.4) is 0 Å². The van der Waals surface area contributed by atoms with E-state index in [0.29, 0.717) is 5.82 Å². The first kappa shape index (κ1) is 27.5. The Kier molecular flexibility index (Phi) is 6.84. The largest absolute Gasteiger partial charge is 1.00 e. The minimum Gasteiger partial charge on any atom is -0.369 e. The summed E-state index contributed by atoms with van der Waals surface area (Å²) in [5.41, 5.74) is 9.88. The van der Waals surface area contributed by atoms with Gasteiger partial charge in [-0.05, 0) is 59.8 Å². The Bertz CT molecular complexity index is 2480. The maximum Gasteiger partial charge on any atom is 1.00 e. The van der Waals surface area contributed by atoms with E-state index in [2.05, 4.69) is 148 Å². The molecule has 0 aliphatic carbocycles. The van der Waals surface area contributed by atoms with Crippen LogP contribution in [0.4, 0.5) is 0 Å². The first-order valence-electron chi connectivity index (χ1n) is 14.8. The Hall–Kier alpha value is -5.00. The van der Waals surface area contributed by atoms with Crippen molar-refractivity contribution in [2.75, 3.05) is 0 Å². The maximum absolute atomic E-state index is 4.84. The van der Waals surface area contributed by atoms with Crippen molar-refractivity contribution < 1.29 is 29.6 Å². The third-order valence-corrected chi connectivity index (χ3v) is 8.53. The van der Waals surface area contributed by atoms with Crippen LogP contribution >= 0.6 is 0 Å². The molecule has 0 N–H and O–H groups in total. The molecule has 0 unspecified atom stereocenters. The van der Waals surface area contributed by atoms with Crippen molar-refractivity contribution in [3.05, 3.63) is 158 Å². The molecule has 0 radical (unpaired) electrons. The van der Waals surface area contributed by atoms with Crippen molar-refractivity contribution in [1.29, 1.82) is 0 Å². The third kappa shape index (κ3) is 4.49. The van der Waals surface area contributed by atoms with Gasteiger partial charge in [0.1, 0.15) is 0 Å². The van der Waals surface area contributed by atoms with Gasteiger partial charge >= 0.3 is 29.6 Å². The summed E-state index contributed by atoms with van der Waals surface area (Å²) in [5, 5.41) is 4.93. The van der Waals surface area contributed by atoms with E-state index in [0.717, 1.165) is 28.2 Å². The SMILES string of the molecule is [Na+].[c-]1cc(-c2ccccc2)nc(-c2ccc(-n3c4ccccc4c4cc5c(cc43)c3ccccc3n5-c3ccccc3)cc2)n1. The van der Waals surface area contributed by atoms with Gasteiger partial charge in [-0.3, -0.25) is 0 Å². The number of rotatable bonds is 4. The van der Waals surface area contributed by atoms with Crippen LogP contribution in [-0.4, -0.2) is 19.1 Å². The monoisotopic (exact) mass is 584 g/mol. The van der Waals surface area contributed by atoms with E-state index in [1.165, 1.54) is 43.6 Å². The van der Waals surface area contributed by atoms with E-state index in [9.17, 15) is 0 Å². The summed E-state index contributed by atoms with van der Waals surface area (Å²) >= 11 is 0. The van der Waals surface area contributed by atoms with E-state index >= 15 is 0 Å². The Morgan fingerprint density at radius 2 is 0.956 bits per heavy atom. The molecule has 0 saturated heterocycles. The van der Waals surface area contributed by atoms with Gasteiger partial charge in [0.15, 0.2) is 0 Å². The summed E-state index contributed by atoms with van der Waals surface area (Å²) in [4.78, 5) is 9.32. The van der Waals surface area contributed by atoms with E-state index in [-0.39, 0.29) is 29.6 Å². The number of nitrogens with zero attached hydrogens (tertiary/aromatic N) is 4. The molecule has 9 rings (SSSR count). The topological polar surface area (TPSA) is 35.6 Å². The van der Waals surface area contributed by atoms with Crippen LogP contribution in [0.2, 0.25) is 0 Å². The molecule has 4 nitrogen and oxygen atoms in total. The molecule has 0 aliphatic rings. The van der Waals surface area contributed by atoms with Crippen LogP contribution in [-0.2, 0) is 0 Å². The Labute approximate surface area is 282 Å². The molecule has 0 bridgehead atoms. The fourth-order valence-corrected chi connectivity index (χ4v) is 6.54. The maximum atomic E-state index is 4.84. The van der Waals surface area contributed by atoms with Crippen molar-refractivity contribution in [2.24, 2.45) is 0 Å². The molecule has 3 heterocycles. The summed E-state index contributed by atoms with van der Waals surface area (Å²) in [6, 6.07) is 53.2. The van der Waals surface area contributed by atoms with E-state index in [4.69, 9.17) is 4.98 Å². The van der Waals surface area contributed by atoms with E-state index < -0.39 is 0 Å². The Morgan fingerprint density at radius 1 is 0.444 bits per heavy atom. The zero-order valence-corrected chi connectivity index (χ0v) is 26.7. The van der Waals surface area contributed by atoms with Crippen LogP contribution in [0.5, 0.6) is 0 Å². The Morgan fingerprint density at radius 3 is 1.56 bits per heavy atom. The molecule has 0 saturated carbocycles. The second kappa shape index (κ2) is 11.2. The molecule has 5 heteroatoms. The minimum atomic E-state index is 0. The van der Waals surface area contributed by atoms with Crippen LogP contribution in [0.15, 0.2) is 152 Å². The normalized spacial score (nSPS) is 11.4. The van der Waals surface area contributed by atoms with Gasteiger partial charge in [-0.25, -0.2) is 0 Å². The average Bonchev–Trinajstić information content (AvgIpc) is 3.60. The third-order valence-electron chi connectivity index (χ3n) is 8.53. The summed E-state index contributed by atoms with van der Waals surface area (Å²) in [6.45, 7) is 0. The van der Waals surface area contributed by atoms with Crippen LogP contribution in [0.1, 0.15) is 0 Å². The molecule has 0 aliphatic heterocycles. The van der Waals surface area contributed by atoms with Crippen LogP contribution < -0.4 is 29.6 Å². The number of fused-ring (bicyclic) bond motifs is 6. The summed E-state index contributed by atoms with van der Waals surface area (Å²) in [7, 11) is 0. The van der Waals surface area contributed by atoms with Gasteiger partial charge in [0.25, 0.3) is 0 Å². The number of hydrogen-bond acceptors (Lipinski definition) is 2. The number of aromatic nitrogens is 4. The zero-order chi connectivity index (χ0) is 29.0. The molecule has 6 aromatic carbocycles. The average molecular weight is 585 g/mol. The van der Waals surface area contributed by atoms with Gasteiger partial charge in [-0.2, -0.15) is 0 Å². The molecule has 0 spiro atoms. The van der Waals surface area contributed by atoms with Crippen molar-refractivity contribution in [3.63, 3.8) is 0 Å². The fourth-order valence-electron chi connectivity index (χ4n) is 6.54.